The van der Waals surface area contributed by atoms with Crippen molar-refractivity contribution < 1.29 is 0 Å². The molecule has 0 N–H and O–H groups in total. The minimum absolute atomic E-state index is 0.484. The summed E-state index contributed by atoms with van der Waals surface area (Å²) in [6.45, 7) is 10.6. The molecule has 1 unspecified atom stereocenters. The van der Waals surface area contributed by atoms with Crippen LogP contribution in [0.2, 0.25) is 0 Å². The van der Waals surface area contributed by atoms with Gasteiger partial charge in [-0.25, -0.2) is 0 Å². The molecule has 1 saturated carbocycles. The van der Waals surface area contributed by atoms with Crippen LogP contribution in [0.4, 0.5) is 0 Å². The topological polar surface area (TPSA) is 3.24 Å². The van der Waals surface area contributed by atoms with Gasteiger partial charge in [-0.1, -0.05) is 20.8 Å². The van der Waals surface area contributed by atoms with Crippen LogP contribution < -0.4 is 0 Å². The Hall–Kier alpha value is -0.0400. The second kappa shape index (κ2) is 4.00. The van der Waals surface area contributed by atoms with E-state index in [1.165, 1.54) is 25.8 Å². The van der Waals surface area contributed by atoms with Crippen LogP contribution in [-0.2, 0) is 0 Å². The monoisotopic (exact) mass is 183 g/mol. The lowest BCUT2D eigenvalue weighted by atomic mass is 9.92. The fourth-order valence-corrected chi connectivity index (χ4v) is 1.65. The molecule has 1 heteroatoms. The Labute approximate surface area is 83.5 Å². The fourth-order valence-electron chi connectivity index (χ4n) is 1.65. The summed E-state index contributed by atoms with van der Waals surface area (Å²) in [6.07, 6.45) is 4.22. The maximum absolute atomic E-state index is 2.53. The molecule has 0 radical (unpaired) electrons. The quantitative estimate of drug-likeness (QED) is 0.647. The van der Waals surface area contributed by atoms with E-state index in [1.807, 2.05) is 0 Å². The third-order valence-corrected chi connectivity index (χ3v) is 3.21. The lowest BCUT2D eigenvalue weighted by Crippen LogP contribution is -2.33. The average Bonchev–Trinajstić information content (AvgIpc) is 2.79. The summed E-state index contributed by atoms with van der Waals surface area (Å²) in [7, 11) is 2.27. The van der Waals surface area contributed by atoms with Crippen LogP contribution in [0, 0.1) is 11.3 Å². The van der Waals surface area contributed by atoms with Gasteiger partial charge < -0.3 is 4.90 Å². The van der Waals surface area contributed by atoms with E-state index in [0.717, 1.165) is 12.0 Å². The smallest absolute Gasteiger partial charge is 0.00921 e. The molecule has 78 valence electrons. The van der Waals surface area contributed by atoms with Gasteiger partial charge in [-0.3, -0.25) is 0 Å². The van der Waals surface area contributed by atoms with Gasteiger partial charge in [-0.2, -0.15) is 0 Å². The van der Waals surface area contributed by atoms with Crippen LogP contribution in [0.3, 0.4) is 0 Å². The van der Waals surface area contributed by atoms with Crippen molar-refractivity contribution in [3.63, 3.8) is 0 Å². The zero-order chi connectivity index (χ0) is 10.1. The molecule has 0 saturated heterocycles. The molecule has 1 fully saturated rings. The molecule has 0 aromatic rings. The lowest BCUT2D eigenvalue weighted by molar-refractivity contribution is 0.200. The fraction of sp³-hybridized carbons (Fsp3) is 1.00. The van der Waals surface area contributed by atoms with Crippen molar-refractivity contribution in [3.8, 4) is 0 Å². The number of hydrogen-bond acceptors (Lipinski definition) is 1. The second-order valence-electron chi connectivity index (χ2n) is 5.87. The van der Waals surface area contributed by atoms with E-state index in [1.54, 1.807) is 0 Å². The molecule has 1 atom stereocenters. The Kier molecular flexibility index (Phi) is 3.39. The zero-order valence-electron chi connectivity index (χ0n) is 9.93. The van der Waals surface area contributed by atoms with Crippen molar-refractivity contribution in [1.29, 1.82) is 0 Å². The van der Waals surface area contributed by atoms with Crippen LogP contribution in [-0.4, -0.2) is 24.5 Å². The highest BCUT2D eigenvalue weighted by molar-refractivity contribution is 4.84. The molecule has 1 rings (SSSR count). The van der Waals surface area contributed by atoms with E-state index in [4.69, 9.17) is 0 Å². The minimum atomic E-state index is 0.484. The molecule has 1 aliphatic rings. The summed E-state index contributed by atoms with van der Waals surface area (Å²) >= 11 is 0. The summed E-state index contributed by atoms with van der Waals surface area (Å²) in [5.74, 6) is 1.00. The van der Waals surface area contributed by atoms with Crippen LogP contribution >= 0.6 is 0 Å². The van der Waals surface area contributed by atoms with E-state index in [9.17, 15) is 0 Å². The molecule has 0 aromatic carbocycles. The Morgan fingerprint density at radius 1 is 1.31 bits per heavy atom. The summed E-state index contributed by atoms with van der Waals surface area (Å²) in [6, 6.07) is 0.808. The van der Waals surface area contributed by atoms with Crippen molar-refractivity contribution in [2.45, 2.75) is 53.0 Å². The number of hydrogen-bond donors (Lipinski definition) is 0. The maximum atomic E-state index is 2.53. The predicted molar refractivity (Wildman–Crippen MR) is 58.9 cm³/mol. The van der Waals surface area contributed by atoms with Gasteiger partial charge in [0.05, 0.1) is 0 Å². The van der Waals surface area contributed by atoms with E-state index in [2.05, 4.69) is 39.6 Å². The van der Waals surface area contributed by atoms with Crippen LogP contribution in [0.1, 0.15) is 47.0 Å². The standard InChI is InChI=1S/C12H25N/c1-10(11-6-7-11)13(5)9-8-12(2,3)4/h10-11H,6-9H2,1-5H3. The summed E-state index contributed by atoms with van der Waals surface area (Å²) in [5.41, 5.74) is 0.484. The van der Waals surface area contributed by atoms with E-state index in [0.29, 0.717) is 5.41 Å². The van der Waals surface area contributed by atoms with Crippen molar-refractivity contribution in [3.05, 3.63) is 0 Å². The van der Waals surface area contributed by atoms with Gasteiger partial charge in [0.15, 0.2) is 0 Å². The highest BCUT2D eigenvalue weighted by Gasteiger charge is 2.30. The summed E-state index contributed by atoms with van der Waals surface area (Å²) < 4.78 is 0. The first-order chi connectivity index (χ1) is 5.90. The van der Waals surface area contributed by atoms with E-state index in [-0.39, 0.29) is 0 Å². The Bertz CT molecular complexity index is 153. The van der Waals surface area contributed by atoms with E-state index >= 15 is 0 Å². The van der Waals surface area contributed by atoms with Crippen molar-refractivity contribution >= 4 is 0 Å². The molecule has 0 aromatic heterocycles. The Morgan fingerprint density at radius 3 is 2.23 bits per heavy atom. The van der Waals surface area contributed by atoms with Gasteiger partial charge in [0.1, 0.15) is 0 Å². The number of rotatable bonds is 4. The highest BCUT2D eigenvalue weighted by atomic mass is 15.1. The molecule has 0 heterocycles. The van der Waals surface area contributed by atoms with Gasteiger partial charge >= 0.3 is 0 Å². The largest absolute Gasteiger partial charge is 0.303 e. The Balaban J connectivity index is 2.20. The van der Waals surface area contributed by atoms with Crippen LogP contribution in [0.5, 0.6) is 0 Å². The van der Waals surface area contributed by atoms with Gasteiger partial charge in [0, 0.05) is 6.04 Å². The molecule has 0 bridgehead atoms. The first kappa shape index (κ1) is 11.0. The van der Waals surface area contributed by atoms with Gasteiger partial charge in [0.2, 0.25) is 0 Å². The van der Waals surface area contributed by atoms with Crippen molar-refractivity contribution in [2.75, 3.05) is 13.6 Å². The molecule has 1 aliphatic carbocycles. The molecule has 0 amide bonds. The highest BCUT2D eigenvalue weighted by Crippen LogP contribution is 2.35. The molecule has 13 heavy (non-hydrogen) atoms. The average molecular weight is 183 g/mol. The summed E-state index contributed by atoms with van der Waals surface area (Å²) in [4.78, 5) is 2.53. The molecular formula is C12H25N. The first-order valence-corrected chi connectivity index (χ1v) is 5.60. The SMILES string of the molecule is CC(C1CC1)N(C)CCC(C)(C)C. The Morgan fingerprint density at radius 2 is 1.85 bits per heavy atom. The van der Waals surface area contributed by atoms with Gasteiger partial charge in [0.25, 0.3) is 0 Å². The van der Waals surface area contributed by atoms with Gasteiger partial charge in [-0.15, -0.1) is 0 Å². The normalized spacial score (nSPS) is 20.8. The molecule has 0 aliphatic heterocycles. The zero-order valence-corrected chi connectivity index (χ0v) is 9.93. The van der Waals surface area contributed by atoms with Gasteiger partial charge in [-0.05, 0) is 51.1 Å². The third kappa shape index (κ3) is 4.12. The third-order valence-electron chi connectivity index (χ3n) is 3.21. The van der Waals surface area contributed by atoms with Crippen molar-refractivity contribution in [1.82, 2.24) is 4.90 Å². The number of nitrogens with zero attached hydrogens (tertiary/aromatic N) is 1. The summed E-state index contributed by atoms with van der Waals surface area (Å²) in [5, 5.41) is 0. The minimum Gasteiger partial charge on any atom is -0.303 e. The van der Waals surface area contributed by atoms with Crippen molar-refractivity contribution in [2.24, 2.45) is 11.3 Å². The lowest BCUT2D eigenvalue weighted by Gasteiger charge is -2.28. The first-order valence-electron chi connectivity index (χ1n) is 5.60. The molecular weight excluding hydrogens is 158 g/mol. The molecule has 1 nitrogen and oxygen atoms in total. The van der Waals surface area contributed by atoms with Crippen LogP contribution in [0.25, 0.3) is 0 Å². The molecule has 0 spiro atoms. The second-order valence-corrected chi connectivity index (χ2v) is 5.87. The van der Waals surface area contributed by atoms with Crippen LogP contribution in [0.15, 0.2) is 0 Å². The predicted octanol–water partition coefficient (Wildman–Crippen LogP) is 3.15. The van der Waals surface area contributed by atoms with E-state index < -0.39 is 0 Å². The maximum Gasteiger partial charge on any atom is 0.00921 e.